The number of benzene rings is 3. The smallest absolute Gasteiger partial charge is 0.00808 e. The summed E-state index contributed by atoms with van der Waals surface area (Å²) in [6, 6.07) is 26.8. The van der Waals surface area contributed by atoms with E-state index in [1.54, 1.807) is 0 Å². The average molecular weight is 284 g/mol. The molecule has 0 heteroatoms. The van der Waals surface area contributed by atoms with E-state index in [9.17, 15) is 0 Å². The van der Waals surface area contributed by atoms with Crippen molar-refractivity contribution < 1.29 is 0 Å². The maximum absolute atomic E-state index is 2.31. The van der Waals surface area contributed by atoms with Crippen LogP contribution in [0, 0.1) is 6.92 Å². The first-order chi connectivity index (χ1) is 10.8. The van der Waals surface area contributed by atoms with E-state index in [1.807, 2.05) is 0 Å². The second-order valence-electron chi connectivity index (χ2n) is 6.36. The largest absolute Gasteiger partial charge is 0.0620 e. The van der Waals surface area contributed by atoms with Gasteiger partial charge in [0.05, 0.1) is 0 Å². The van der Waals surface area contributed by atoms with Crippen molar-refractivity contribution in [1.29, 1.82) is 0 Å². The molecular formula is C22H20. The van der Waals surface area contributed by atoms with E-state index in [2.05, 4.69) is 79.7 Å². The molecule has 0 bridgehead atoms. The summed E-state index contributed by atoms with van der Waals surface area (Å²) < 4.78 is 0. The minimum atomic E-state index is 0.643. The molecule has 1 aliphatic carbocycles. The summed E-state index contributed by atoms with van der Waals surface area (Å²) in [5.74, 6) is 0.643. The third-order valence-corrected chi connectivity index (χ3v) is 4.82. The highest BCUT2D eigenvalue weighted by molar-refractivity contribution is 5.64. The molecule has 3 aromatic carbocycles. The van der Waals surface area contributed by atoms with E-state index < -0.39 is 0 Å². The molecule has 0 fully saturated rings. The van der Waals surface area contributed by atoms with Gasteiger partial charge >= 0.3 is 0 Å². The van der Waals surface area contributed by atoms with Gasteiger partial charge in [-0.2, -0.15) is 0 Å². The van der Waals surface area contributed by atoms with E-state index >= 15 is 0 Å². The van der Waals surface area contributed by atoms with Crippen LogP contribution in [0.3, 0.4) is 0 Å². The standard InChI is InChI=1S/C22H20/c1-16-6-8-17(9-7-16)18-10-12-19(13-11-18)22-14-20-4-2-3-5-21(20)15-22/h2-13,22H,14-15H2,1H3. The SMILES string of the molecule is Cc1ccc(-c2ccc(C3Cc4ccccc4C3)cc2)cc1. The van der Waals surface area contributed by atoms with Crippen LogP contribution in [0.1, 0.15) is 28.2 Å². The first-order valence-electron chi connectivity index (χ1n) is 8.03. The van der Waals surface area contributed by atoms with Crippen molar-refractivity contribution in [3.05, 3.63) is 95.1 Å². The van der Waals surface area contributed by atoms with Crippen molar-refractivity contribution in [2.75, 3.05) is 0 Å². The van der Waals surface area contributed by atoms with Crippen molar-refractivity contribution >= 4 is 0 Å². The van der Waals surface area contributed by atoms with Gasteiger partial charge in [-0.25, -0.2) is 0 Å². The molecule has 0 saturated heterocycles. The topological polar surface area (TPSA) is 0 Å². The van der Waals surface area contributed by atoms with Crippen molar-refractivity contribution in [2.24, 2.45) is 0 Å². The van der Waals surface area contributed by atoms with Crippen LogP contribution < -0.4 is 0 Å². The van der Waals surface area contributed by atoms with Crippen LogP contribution >= 0.6 is 0 Å². The molecule has 0 amide bonds. The van der Waals surface area contributed by atoms with Crippen LogP contribution in [0.25, 0.3) is 11.1 Å². The molecule has 1 aliphatic rings. The lowest BCUT2D eigenvalue weighted by Gasteiger charge is -2.11. The summed E-state index contributed by atoms with van der Waals surface area (Å²) in [6.45, 7) is 2.13. The second kappa shape index (κ2) is 5.46. The van der Waals surface area contributed by atoms with Gasteiger partial charge in [-0.05, 0) is 53.5 Å². The van der Waals surface area contributed by atoms with Crippen LogP contribution in [0.2, 0.25) is 0 Å². The van der Waals surface area contributed by atoms with Crippen LogP contribution in [-0.4, -0.2) is 0 Å². The van der Waals surface area contributed by atoms with E-state index in [0.29, 0.717) is 5.92 Å². The van der Waals surface area contributed by atoms with Crippen molar-refractivity contribution in [1.82, 2.24) is 0 Å². The van der Waals surface area contributed by atoms with Crippen LogP contribution in [-0.2, 0) is 12.8 Å². The minimum Gasteiger partial charge on any atom is -0.0620 e. The molecule has 0 nitrogen and oxygen atoms in total. The fourth-order valence-corrected chi connectivity index (χ4v) is 3.49. The molecule has 22 heavy (non-hydrogen) atoms. The third kappa shape index (κ3) is 2.46. The van der Waals surface area contributed by atoms with E-state index in [1.165, 1.54) is 46.2 Å². The van der Waals surface area contributed by atoms with Gasteiger partial charge in [0.15, 0.2) is 0 Å². The molecule has 0 radical (unpaired) electrons. The third-order valence-electron chi connectivity index (χ3n) is 4.82. The predicted molar refractivity (Wildman–Crippen MR) is 93.2 cm³/mol. The molecule has 0 N–H and O–H groups in total. The Hall–Kier alpha value is -2.34. The predicted octanol–water partition coefficient (Wildman–Crippen LogP) is 5.54. The minimum absolute atomic E-state index is 0.643. The summed E-state index contributed by atoms with van der Waals surface area (Å²) in [5, 5.41) is 0. The van der Waals surface area contributed by atoms with E-state index in [-0.39, 0.29) is 0 Å². The lowest BCUT2D eigenvalue weighted by molar-refractivity contribution is 0.742. The van der Waals surface area contributed by atoms with Gasteiger partial charge in [0.25, 0.3) is 0 Å². The first kappa shape index (κ1) is 13.3. The van der Waals surface area contributed by atoms with Gasteiger partial charge < -0.3 is 0 Å². The molecule has 3 aromatic rings. The molecule has 0 spiro atoms. The van der Waals surface area contributed by atoms with Crippen molar-refractivity contribution in [3.8, 4) is 11.1 Å². The number of rotatable bonds is 2. The fraction of sp³-hybridized carbons (Fsp3) is 0.182. The Morgan fingerprint density at radius 1 is 0.636 bits per heavy atom. The molecule has 0 atom stereocenters. The summed E-state index contributed by atoms with van der Waals surface area (Å²) >= 11 is 0. The molecule has 0 unspecified atom stereocenters. The maximum Gasteiger partial charge on any atom is -0.00808 e. The summed E-state index contributed by atoms with van der Waals surface area (Å²) in [5.41, 5.74) is 8.42. The maximum atomic E-state index is 2.31. The Kier molecular flexibility index (Phi) is 3.31. The average Bonchev–Trinajstić information content (AvgIpc) is 3.00. The Bertz CT molecular complexity index is 754. The zero-order valence-corrected chi connectivity index (χ0v) is 12.9. The first-order valence-corrected chi connectivity index (χ1v) is 8.03. The molecule has 108 valence electrons. The van der Waals surface area contributed by atoms with Crippen LogP contribution in [0.5, 0.6) is 0 Å². The zero-order chi connectivity index (χ0) is 14.9. The molecule has 0 aliphatic heterocycles. The lowest BCUT2D eigenvalue weighted by Crippen LogP contribution is -1.97. The number of aryl methyl sites for hydroxylation is 1. The van der Waals surface area contributed by atoms with Gasteiger partial charge in [-0.3, -0.25) is 0 Å². The quantitative estimate of drug-likeness (QED) is 0.579. The number of hydrogen-bond acceptors (Lipinski definition) is 0. The monoisotopic (exact) mass is 284 g/mol. The van der Waals surface area contributed by atoms with E-state index in [0.717, 1.165) is 0 Å². The number of hydrogen-bond donors (Lipinski definition) is 0. The summed E-state index contributed by atoms with van der Waals surface area (Å²) in [4.78, 5) is 0. The second-order valence-corrected chi connectivity index (χ2v) is 6.36. The normalized spacial score (nSPS) is 14.0. The molecular weight excluding hydrogens is 264 g/mol. The van der Waals surface area contributed by atoms with Gasteiger partial charge in [0, 0.05) is 0 Å². The van der Waals surface area contributed by atoms with Crippen LogP contribution in [0.4, 0.5) is 0 Å². The van der Waals surface area contributed by atoms with Gasteiger partial charge in [-0.15, -0.1) is 0 Å². The molecule has 0 heterocycles. The van der Waals surface area contributed by atoms with Gasteiger partial charge in [-0.1, -0.05) is 78.4 Å². The highest BCUT2D eigenvalue weighted by atomic mass is 14.3. The zero-order valence-electron chi connectivity index (χ0n) is 12.9. The number of fused-ring (bicyclic) bond motifs is 1. The van der Waals surface area contributed by atoms with Gasteiger partial charge in [0.1, 0.15) is 0 Å². The molecule has 0 aromatic heterocycles. The Labute approximate surface area is 132 Å². The summed E-state index contributed by atoms with van der Waals surface area (Å²) in [6.07, 6.45) is 2.36. The highest BCUT2D eigenvalue weighted by Crippen LogP contribution is 2.34. The van der Waals surface area contributed by atoms with Crippen molar-refractivity contribution in [3.63, 3.8) is 0 Å². The highest BCUT2D eigenvalue weighted by Gasteiger charge is 2.22. The Morgan fingerprint density at radius 3 is 1.68 bits per heavy atom. The molecule has 0 saturated carbocycles. The van der Waals surface area contributed by atoms with E-state index in [4.69, 9.17) is 0 Å². The lowest BCUT2D eigenvalue weighted by atomic mass is 9.94. The Balaban J connectivity index is 1.57. The fourth-order valence-electron chi connectivity index (χ4n) is 3.49. The summed E-state index contributed by atoms with van der Waals surface area (Å²) in [7, 11) is 0. The van der Waals surface area contributed by atoms with Crippen LogP contribution in [0.15, 0.2) is 72.8 Å². The van der Waals surface area contributed by atoms with Crippen molar-refractivity contribution in [2.45, 2.75) is 25.7 Å². The molecule has 4 rings (SSSR count). The Morgan fingerprint density at radius 2 is 1.14 bits per heavy atom. The van der Waals surface area contributed by atoms with Gasteiger partial charge in [0.2, 0.25) is 0 Å².